The number of benzene rings is 1. The van der Waals surface area contributed by atoms with Crippen LogP contribution in [0.2, 0.25) is 5.02 Å². The predicted octanol–water partition coefficient (Wildman–Crippen LogP) is 3.24. The monoisotopic (exact) mass is 250 g/mol. The highest BCUT2D eigenvalue weighted by Crippen LogP contribution is 2.17. The average molecular weight is 251 g/mol. The van der Waals surface area contributed by atoms with Gasteiger partial charge in [0.1, 0.15) is 11.6 Å². The molecule has 4 heteroatoms. The normalized spacial score (nSPS) is 10.5. The van der Waals surface area contributed by atoms with Crippen molar-refractivity contribution in [3.8, 4) is 0 Å². The van der Waals surface area contributed by atoms with Gasteiger partial charge in [0.05, 0.1) is 0 Å². The first kappa shape index (κ1) is 11.9. The van der Waals surface area contributed by atoms with Gasteiger partial charge in [-0.2, -0.15) is 0 Å². The lowest BCUT2D eigenvalue weighted by Gasteiger charge is -2.05. The number of hydrogen-bond donors (Lipinski definition) is 1. The molecule has 1 heterocycles. The van der Waals surface area contributed by atoms with Gasteiger partial charge in [-0.05, 0) is 42.2 Å². The van der Waals surface area contributed by atoms with Crippen LogP contribution in [0.1, 0.15) is 11.1 Å². The molecule has 0 spiro atoms. The molecule has 0 saturated heterocycles. The Morgan fingerprint density at radius 1 is 1.18 bits per heavy atom. The summed E-state index contributed by atoms with van der Waals surface area (Å²) in [6.45, 7) is 0. The molecule has 0 amide bonds. The quantitative estimate of drug-likeness (QED) is 0.908. The Bertz CT molecular complexity index is 529. The Labute approximate surface area is 104 Å². The molecule has 0 aliphatic heterocycles. The Morgan fingerprint density at radius 3 is 2.65 bits per heavy atom. The second kappa shape index (κ2) is 5.15. The second-order valence-electron chi connectivity index (χ2n) is 3.78. The summed E-state index contributed by atoms with van der Waals surface area (Å²) in [4.78, 5) is 3.99. The van der Waals surface area contributed by atoms with Gasteiger partial charge in [-0.15, -0.1) is 0 Å². The minimum Gasteiger partial charge on any atom is -0.383 e. The molecule has 1 aromatic carbocycles. The Hall–Kier alpha value is -1.61. The molecule has 2 aromatic rings. The van der Waals surface area contributed by atoms with Crippen LogP contribution in [0.3, 0.4) is 0 Å². The van der Waals surface area contributed by atoms with E-state index in [9.17, 15) is 4.39 Å². The third kappa shape index (κ3) is 2.94. The van der Waals surface area contributed by atoms with Gasteiger partial charge in [0, 0.05) is 11.2 Å². The third-order valence-electron chi connectivity index (χ3n) is 2.60. The number of halogens is 2. The zero-order chi connectivity index (χ0) is 12.3. The highest BCUT2D eigenvalue weighted by atomic mass is 35.5. The highest BCUT2D eigenvalue weighted by Gasteiger charge is 2.05. The van der Waals surface area contributed by atoms with Gasteiger partial charge in [0.25, 0.3) is 0 Å². The fourth-order valence-electron chi connectivity index (χ4n) is 1.66. The van der Waals surface area contributed by atoms with Gasteiger partial charge in [-0.25, -0.2) is 9.37 Å². The van der Waals surface area contributed by atoms with Crippen LogP contribution in [0.15, 0.2) is 36.5 Å². The van der Waals surface area contributed by atoms with Crippen molar-refractivity contribution in [1.29, 1.82) is 0 Å². The lowest BCUT2D eigenvalue weighted by Crippen LogP contribution is -2.00. The second-order valence-corrected chi connectivity index (χ2v) is 4.22. The van der Waals surface area contributed by atoms with Crippen LogP contribution in [0.5, 0.6) is 0 Å². The molecule has 2 N–H and O–H groups in total. The van der Waals surface area contributed by atoms with E-state index in [-0.39, 0.29) is 5.82 Å². The van der Waals surface area contributed by atoms with E-state index in [2.05, 4.69) is 4.98 Å². The minimum absolute atomic E-state index is 0.278. The number of nitrogens with two attached hydrogens (primary N) is 1. The lowest BCUT2D eigenvalue weighted by molar-refractivity contribution is 0.609. The minimum atomic E-state index is -0.278. The molecule has 0 saturated carbocycles. The van der Waals surface area contributed by atoms with Crippen LogP contribution in [0.25, 0.3) is 0 Å². The first-order valence-electron chi connectivity index (χ1n) is 5.30. The number of hydrogen-bond acceptors (Lipinski definition) is 2. The van der Waals surface area contributed by atoms with Crippen LogP contribution in [0.4, 0.5) is 10.2 Å². The zero-order valence-corrected chi connectivity index (χ0v) is 9.91. The fourth-order valence-corrected chi connectivity index (χ4v) is 1.81. The number of anilines is 1. The van der Waals surface area contributed by atoms with Crippen LogP contribution < -0.4 is 5.73 Å². The van der Waals surface area contributed by atoms with E-state index >= 15 is 0 Å². The summed E-state index contributed by atoms with van der Waals surface area (Å²) in [5.74, 6) is 0.224. The van der Waals surface area contributed by atoms with E-state index in [1.165, 1.54) is 6.07 Å². The molecule has 0 bridgehead atoms. The summed E-state index contributed by atoms with van der Waals surface area (Å²) in [6.07, 6.45) is 2.89. The maximum atomic E-state index is 13.5. The molecule has 1 aromatic heterocycles. The molecular weight excluding hydrogens is 239 g/mol. The molecule has 0 unspecified atom stereocenters. The standard InChI is InChI=1S/C13H12ClFN2/c14-11-6-5-9(12(15)8-11)3-4-10-2-1-7-17-13(10)16/h1-2,5-8H,3-4H2,(H2,16,17). The van der Waals surface area contributed by atoms with Crippen molar-refractivity contribution in [3.05, 3.63) is 58.5 Å². The van der Waals surface area contributed by atoms with E-state index in [0.29, 0.717) is 29.2 Å². The van der Waals surface area contributed by atoms with Gasteiger partial charge in [0.2, 0.25) is 0 Å². The number of aromatic nitrogens is 1. The first-order chi connectivity index (χ1) is 8.16. The van der Waals surface area contributed by atoms with Crippen LogP contribution >= 0.6 is 11.6 Å². The van der Waals surface area contributed by atoms with Crippen molar-refractivity contribution >= 4 is 17.4 Å². The van der Waals surface area contributed by atoms with E-state index in [0.717, 1.165) is 5.56 Å². The van der Waals surface area contributed by atoms with Crippen LogP contribution in [-0.2, 0) is 12.8 Å². The van der Waals surface area contributed by atoms with Gasteiger partial charge in [-0.3, -0.25) is 0 Å². The number of nitrogens with zero attached hydrogens (tertiary/aromatic N) is 1. The van der Waals surface area contributed by atoms with Gasteiger partial charge in [0.15, 0.2) is 0 Å². The van der Waals surface area contributed by atoms with Crippen LogP contribution in [-0.4, -0.2) is 4.98 Å². The number of nitrogen functional groups attached to an aromatic ring is 1. The zero-order valence-electron chi connectivity index (χ0n) is 9.16. The predicted molar refractivity (Wildman–Crippen MR) is 67.5 cm³/mol. The Kier molecular flexibility index (Phi) is 3.59. The maximum absolute atomic E-state index is 13.5. The lowest BCUT2D eigenvalue weighted by atomic mass is 10.0. The smallest absolute Gasteiger partial charge is 0.127 e. The van der Waals surface area contributed by atoms with Crippen molar-refractivity contribution in [3.63, 3.8) is 0 Å². The van der Waals surface area contributed by atoms with E-state index in [1.54, 1.807) is 18.3 Å². The molecule has 0 atom stereocenters. The molecule has 0 aliphatic carbocycles. The SMILES string of the molecule is Nc1ncccc1CCc1ccc(Cl)cc1F. The van der Waals surface area contributed by atoms with Crippen molar-refractivity contribution in [1.82, 2.24) is 4.98 Å². The molecular formula is C13H12ClFN2. The highest BCUT2D eigenvalue weighted by molar-refractivity contribution is 6.30. The van der Waals surface area contributed by atoms with Gasteiger partial charge >= 0.3 is 0 Å². The summed E-state index contributed by atoms with van der Waals surface area (Å²) in [5.41, 5.74) is 7.29. The van der Waals surface area contributed by atoms with E-state index in [1.807, 2.05) is 12.1 Å². The average Bonchev–Trinajstić information content (AvgIpc) is 2.30. The molecule has 2 nitrogen and oxygen atoms in total. The largest absolute Gasteiger partial charge is 0.383 e. The number of aryl methyl sites for hydroxylation is 2. The summed E-state index contributed by atoms with van der Waals surface area (Å²) >= 11 is 5.69. The molecule has 88 valence electrons. The summed E-state index contributed by atoms with van der Waals surface area (Å²) < 4.78 is 13.5. The molecule has 17 heavy (non-hydrogen) atoms. The van der Waals surface area contributed by atoms with Crippen molar-refractivity contribution in [2.45, 2.75) is 12.8 Å². The summed E-state index contributed by atoms with van der Waals surface area (Å²) in [7, 11) is 0. The first-order valence-corrected chi connectivity index (χ1v) is 5.68. The summed E-state index contributed by atoms with van der Waals surface area (Å²) in [5, 5.41) is 0.409. The van der Waals surface area contributed by atoms with Crippen molar-refractivity contribution in [2.75, 3.05) is 5.73 Å². The Morgan fingerprint density at radius 2 is 1.94 bits per heavy atom. The topological polar surface area (TPSA) is 38.9 Å². The maximum Gasteiger partial charge on any atom is 0.127 e. The van der Waals surface area contributed by atoms with Crippen molar-refractivity contribution < 1.29 is 4.39 Å². The number of pyridine rings is 1. The summed E-state index contributed by atoms with van der Waals surface area (Å²) in [6, 6.07) is 8.43. The van der Waals surface area contributed by atoms with Crippen molar-refractivity contribution in [2.24, 2.45) is 0 Å². The third-order valence-corrected chi connectivity index (χ3v) is 2.84. The van der Waals surface area contributed by atoms with E-state index in [4.69, 9.17) is 17.3 Å². The molecule has 0 radical (unpaired) electrons. The Balaban J connectivity index is 2.10. The van der Waals surface area contributed by atoms with Crippen LogP contribution in [0, 0.1) is 5.82 Å². The number of rotatable bonds is 3. The van der Waals surface area contributed by atoms with Gasteiger partial charge < -0.3 is 5.73 Å². The molecule has 2 rings (SSSR count). The molecule has 0 aliphatic rings. The fraction of sp³-hybridized carbons (Fsp3) is 0.154. The van der Waals surface area contributed by atoms with E-state index < -0.39 is 0 Å². The molecule has 0 fully saturated rings. The van der Waals surface area contributed by atoms with Gasteiger partial charge in [-0.1, -0.05) is 23.7 Å².